The first-order valence-electron chi connectivity index (χ1n) is 5.30. The van der Waals surface area contributed by atoms with Crippen LogP contribution in [0.25, 0.3) is 10.2 Å². The van der Waals surface area contributed by atoms with E-state index in [-0.39, 0.29) is 0 Å². The van der Waals surface area contributed by atoms with Gasteiger partial charge >= 0.3 is 0 Å². The lowest BCUT2D eigenvalue weighted by Crippen LogP contribution is -1.81. The highest BCUT2D eigenvalue weighted by Gasteiger charge is 2.06. The highest BCUT2D eigenvalue weighted by Crippen LogP contribution is 2.35. The number of fused-ring (bicyclic) bond motifs is 1. The maximum Gasteiger partial charge on any atom is 0.155 e. The van der Waals surface area contributed by atoms with Gasteiger partial charge in [-0.3, -0.25) is 0 Å². The van der Waals surface area contributed by atoms with E-state index in [1.54, 1.807) is 23.1 Å². The van der Waals surface area contributed by atoms with E-state index >= 15 is 0 Å². The molecule has 0 saturated carbocycles. The number of hydrogen-bond acceptors (Lipinski definition) is 4. The van der Waals surface area contributed by atoms with Crippen molar-refractivity contribution in [3.05, 3.63) is 46.9 Å². The molecular formula is C13H9BrN2S2. The Bertz CT molecular complexity index is 709. The zero-order chi connectivity index (χ0) is 12.5. The summed E-state index contributed by atoms with van der Waals surface area (Å²) in [6, 6.07) is 14.0. The Morgan fingerprint density at radius 2 is 2.06 bits per heavy atom. The van der Waals surface area contributed by atoms with Crippen LogP contribution in [0, 0.1) is 0 Å². The standard InChI is InChI=1S/C13H9BrN2S2/c14-8-2-1-3-10(6-8)17-13-16-11-5-4-9(15)7-12(11)18-13/h1-7H,15H2. The average molecular weight is 337 g/mol. The van der Waals surface area contributed by atoms with Crippen molar-refractivity contribution in [2.45, 2.75) is 9.24 Å². The smallest absolute Gasteiger partial charge is 0.155 e. The fourth-order valence-electron chi connectivity index (χ4n) is 1.60. The molecule has 2 nitrogen and oxygen atoms in total. The Morgan fingerprint density at radius 1 is 1.17 bits per heavy atom. The summed E-state index contributed by atoms with van der Waals surface area (Å²) in [6.07, 6.45) is 0. The Hall–Kier alpha value is -1.04. The first-order valence-corrected chi connectivity index (χ1v) is 7.73. The van der Waals surface area contributed by atoms with E-state index in [1.807, 2.05) is 30.3 Å². The lowest BCUT2D eigenvalue weighted by Gasteiger charge is -1.97. The molecule has 18 heavy (non-hydrogen) atoms. The molecule has 0 saturated heterocycles. The second-order valence-electron chi connectivity index (χ2n) is 3.77. The average Bonchev–Trinajstić information content (AvgIpc) is 2.70. The van der Waals surface area contributed by atoms with E-state index in [2.05, 4.69) is 33.0 Å². The second-order valence-corrected chi connectivity index (χ2v) is 7.03. The zero-order valence-corrected chi connectivity index (χ0v) is 12.5. The minimum absolute atomic E-state index is 0.783. The molecule has 0 bridgehead atoms. The summed E-state index contributed by atoms with van der Waals surface area (Å²) in [7, 11) is 0. The molecule has 0 aliphatic carbocycles. The van der Waals surface area contributed by atoms with Gasteiger partial charge < -0.3 is 5.73 Å². The van der Waals surface area contributed by atoms with E-state index in [9.17, 15) is 0 Å². The third-order valence-electron chi connectivity index (χ3n) is 2.39. The summed E-state index contributed by atoms with van der Waals surface area (Å²) in [6.45, 7) is 0. The van der Waals surface area contributed by atoms with Crippen LogP contribution >= 0.6 is 39.0 Å². The fraction of sp³-hybridized carbons (Fsp3) is 0. The van der Waals surface area contributed by atoms with Crippen molar-refractivity contribution < 1.29 is 0 Å². The Morgan fingerprint density at radius 3 is 2.89 bits per heavy atom. The minimum atomic E-state index is 0.783. The maximum atomic E-state index is 5.77. The molecule has 0 unspecified atom stereocenters. The molecule has 1 aromatic heterocycles. The van der Waals surface area contributed by atoms with Gasteiger partial charge in [0, 0.05) is 15.1 Å². The third-order valence-corrected chi connectivity index (χ3v) is 4.96. The van der Waals surface area contributed by atoms with Crippen molar-refractivity contribution in [3.63, 3.8) is 0 Å². The van der Waals surface area contributed by atoms with Gasteiger partial charge in [-0.1, -0.05) is 33.8 Å². The van der Waals surface area contributed by atoms with Gasteiger partial charge in [0.05, 0.1) is 10.2 Å². The van der Waals surface area contributed by atoms with Crippen LogP contribution in [0.3, 0.4) is 0 Å². The van der Waals surface area contributed by atoms with Crippen LogP contribution in [0.1, 0.15) is 0 Å². The number of benzene rings is 2. The summed E-state index contributed by atoms with van der Waals surface area (Å²) in [5, 5.41) is 0. The summed E-state index contributed by atoms with van der Waals surface area (Å²) in [4.78, 5) is 5.77. The number of halogens is 1. The van der Waals surface area contributed by atoms with Crippen molar-refractivity contribution in [2.75, 3.05) is 5.73 Å². The molecule has 0 atom stereocenters. The molecule has 90 valence electrons. The van der Waals surface area contributed by atoms with Crippen LogP contribution in [0.2, 0.25) is 0 Å². The topological polar surface area (TPSA) is 38.9 Å². The molecule has 2 aromatic carbocycles. The van der Waals surface area contributed by atoms with Crippen molar-refractivity contribution >= 4 is 54.9 Å². The van der Waals surface area contributed by atoms with Crippen LogP contribution in [-0.4, -0.2) is 4.98 Å². The Kier molecular flexibility index (Phi) is 3.28. The molecular weight excluding hydrogens is 328 g/mol. The fourth-order valence-corrected chi connectivity index (χ4v) is 4.29. The van der Waals surface area contributed by atoms with Crippen LogP contribution in [0.4, 0.5) is 5.69 Å². The SMILES string of the molecule is Nc1ccc2nc(Sc3cccc(Br)c3)sc2c1. The number of aromatic nitrogens is 1. The van der Waals surface area contributed by atoms with Gasteiger partial charge in [0.15, 0.2) is 4.34 Å². The number of anilines is 1. The van der Waals surface area contributed by atoms with Gasteiger partial charge in [0.1, 0.15) is 0 Å². The largest absolute Gasteiger partial charge is 0.399 e. The van der Waals surface area contributed by atoms with E-state index in [1.165, 1.54) is 4.90 Å². The number of nitrogens with two attached hydrogens (primary N) is 1. The summed E-state index contributed by atoms with van der Waals surface area (Å²) in [5.74, 6) is 0. The van der Waals surface area contributed by atoms with Crippen LogP contribution < -0.4 is 5.73 Å². The van der Waals surface area contributed by atoms with Gasteiger partial charge in [-0.2, -0.15) is 0 Å². The highest BCUT2D eigenvalue weighted by molar-refractivity contribution is 9.10. The number of rotatable bonds is 2. The first-order chi connectivity index (χ1) is 8.70. The number of nitrogen functional groups attached to an aromatic ring is 1. The number of thiazole rings is 1. The number of hydrogen-bond donors (Lipinski definition) is 1. The maximum absolute atomic E-state index is 5.77. The minimum Gasteiger partial charge on any atom is -0.399 e. The van der Waals surface area contributed by atoms with E-state index in [4.69, 9.17) is 5.73 Å². The monoisotopic (exact) mass is 336 g/mol. The van der Waals surface area contributed by atoms with E-state index in [0.717, 1.165) is 24.7 Å². The Labute approximate surface area is 121 Å². The van der Waals surface area contributed by atoms with Crippen molar-refractivity contribution in [2.24, 2.45) is 0 Å². The van der Waals surface area contributed by atoms with Gasteiger partial charge in [-0.25, -0.2) is 4.98 Å². The van der Waals surface area contributed by atoms with Crippen molar-refractivity contribution in [1.29, 1.82) is 0 Å². The van der Waals surface area contributed by atoms with Gasteiger partial charge in [-0.15, -0.1) is 11.3 Å². The second kappa shape index (κ2) is 4.91. The molecule has 3 rings (SSSR count). The molecule has 0 aliphatic rings. The van der Waals surface area contributed by atoms with E-state index in [0.29, 0.717) is 0 Å². The van der Waals surface area contributed by atoms with Crippen LogP contribution in [-0.2, 0) is 0 Å². The summed E-state index contributed by atoms with van der Waals surface area (Å²) < 4.78 is 3.25. The highest BCUT2D eigenvalue weighted by atomic mass is 79.9. The van der Waals surface area contributed by atoms with Crippen molar-refractivity contribution in [3.8, 4) is 0 Å². The Balaban J connectivity index is 1.95. The molecule has 0 fully saturated rings. The molecule has 3 aromatic rings. The summed E-state index contributed by atoms with van der Waals surface area (Å²) in [5.41, 5.74) is 7.56. The molecule has 0 aliphatic heterocycles. The molecule has 1 heterocycles. The quantitative estimate of drug-likeness (QED) is 0.683. The lowest BCUT2D eigenvalue weighted by atomic mass is 10.3. The van der Waals surface area contributed by atoms with Crippen LogP contribution in [0.15, 0.2) is 56.2 Å². The van der Waals surface area contributed by atoms with Gasteiger partial charge in [-0.05, 0) is 36.4 Å². The predicted molar refractivity (Wildman–Crippen MR) is 82.3 cm³/mol. The molecule has 5 heteroatoms. The molecule has 0 spiro atoms. The normalized spacial score (nSPS) is 10.9. The first kappa shape index (κ1) is 12.0. The number of nitrogens with zero attached hydrogens (tertiary/aromatic N) is 1. The predicted octanol–water partition coefficient (Wildman–Crippen LogP) is 4.79. The molecule has 0 amide bonds. The van der Waals surface area contributed by atoms with E-state index < -0.39 is 0 Å². The lowest BCUT2D eigenvalue weighted by molar-refractivity contribution is 1.29. The third kappa shape index (κ3) is 2.53. The molecule has 0 radical (unpaired) electrons. The zero-order valence-electron chi connectivity index (χ0n) is 9.26. The van der Waals surface area contributed by atoms with Crippen LogP contribution in [0.5, 0.6) is 0 Å². The van der Waals surface area contributed by atoms with Gasteiger partial charge in [0.2, 0.25) is 0 Å². The van der Waals surface area contributed by atoms with Gasteiger partial charge in [0.25, 0.3) is 0 Å². The summed E-state index contributed by atoms with van der Waals surface area (Å²) >= 11 is 6.81. The molecule has 2 N–H and O–H groups in total. The van der Waals surface area contributed by atoms with Crippen molar-refractivity contribution in [1.82, 2.24) is 4.98 Å².